The minimum atomic E-state index is -0.329. The van der Waals surface area contributed by atoms with E-state index in [0.29, 0.717) is 28.6 Å². The van der Waals surface area contributed by atoms with Crippen molar-refractivity contribution in [1.82, 2.24) is 5.32 Å². The fraction of sp³-hybridized carbons (Fsp3) is 0.217. The summed E-state index contributed by atoms with van der Waals surface area (Å²) in [6.07, 6.45) is 0.787. The van der Waals surface area contributed by atoms with E-state index in [4.69, 9.17) is 21.1 Å². The zero-order valence-electron chi connectivity index (χ0n) is 16.1. The van der Waals surface area contributed by atoms with Gasteiger partial charge in [-0.25, -0.2) is 8.78 Å². The van der Waals surface area contributed by atoms with Crippen LogP contribution in [0, 0.1) is 11.6 Å². The van der Waals surface area contributed by atoms with E-state index in [0.717, 1.165) is 24.1 Å². The van der Waals surface area contributed by atoms with Crippen molar-refractivity contribution >= 4 is 11.6 Å². The standard InChI is InChI=1S/C23H22ClF2NO2/c1-28-22-13-17(14-27-11-10-16-6-8-19(25)9-7-16)12-20(24)23(22)29-15-18-4-2-3-5-21(18)26/h2-9,12-13,27H,10-11,14-15H2,1H3. The van der Waals surface area contributed by atoms with E-state index >= 15 is 0 Å². The first-order valence-corrected chi connectivity index (χ1v) is 9.62. The average Bonchev–Trinajstić information content (AvgIpc) is 2.72. The number of rotatable bonds is 9. The summed E-state index contributed by atoms with van der Waals surface area (Å²) in [4.78, 5) is 0. The third kappa shape index (κ3) is 5.92. The molecule has 1 N–H and O–H groups in total. The zero-order chi connectivity index (χ0) is 20.6. The van der Waals surface area contributed by atoms with Crippen molar-refractivity contribution in [2.24, 2.45) is 0 Å². The third-order valence-electron chi connectivity index (χ3n) is 4.45. The number of hydrogen-bond acceptors (Lipinski definition) is 3. The van der Waals surface area contributed by atoms with Gasteiger partial charge < -0.3 is 14.8 Å². The lowest BCUT2D eigenvalue weighted by molar-refractivity contribution is 0.279. The minimum Gasteiger partial charge on any atom is -0.493 e. The molecule has 3 nitrogen and oxygen atoms in total. The SMILES string of the molecule is COc1cc(CNCCc2ccc(F)cc2)cc(Cl)c1OCc1ccccc1F. The fourth-order valence-electron chi connectivity index (χ4n) is 2.90. The highest BCUT2D eigenvalue weighted by molar-refractivity contribution is 6.32. The van der Waals surface area contributed by atoms with Crippen LogP contribution >= 0.6 is 11.6 Å². The first kappa shape index (κ1) is 21.1. The predicted octanol–water partition coefficient (Wildman–Crippen LogP) is 5.54. The highest BCUT2D eigenvalue weighted by Gasteiger charge is 2.13. The normalized spacial score (nSPS) is 10.8. The molecule has 152 valence electrons. The quantitative estimate of drug-likeness (QED) is 0.464. The molecule has 29 heavy (non-hydrogen) atoms. The Hall–Kier alpha value is -2.63. The van der Waals surface area contributed by atoms with Crippen molar-refractivity contribution in [3.05, 3.63) is 94.0 Å². The number of halogens is 3. The van der Waals surface area contributed by atoms with Crippen molar-refractivity contribution < 1.29 is 18.3 Å². The Morgan fingerprint density at radius 2 is 1.72 bits per heavy atom. The lowest BCUT2D eigenvalue weighted by atomic mass is 10.1. The number of nitrogens with one attached hydrogen (secondary N) is 1. The van der Waals surface area contributed by atoms with Gasteiger partial charge in [0.25, 0.3) is 0 Å². The molecular formula is C23H22ClF2NO2. The lowest BCUT2D eigenvalue weighted by Crippen LogP contribution is -2.16. The molecule has 3 aromatic carbocycles. The second-order valence-corrected chi connectivity index (χ2v) is 6.95. The number of methoxy groups -OCH3 is 1. The van der Waals surface area contributed by atoms with Crippen molar-refractivity contribution in [3.8, 4) is 11.5 Å². The van der Waals surface area contributed by atoms with Crippen LogP contribution in [0.15, 0.2) is 60.7 Å². The van der Waals surface area contributed by atoms with Crippen LogP contribution in [-0.2, 0) is 19.6 Å². The molecule has 0 spiro atoms. The first-order valence-electron chi connectivity index (χ1n) is 9.24. The molecule has 0 fully saturated rings. The third-order valence-corrected chi connectivity index (χ3v) is 4.73. The summed E-state index contributed by atoms with van der Waals surface area (Å²) < 4.78 is 37.9. The Morgan fingerprint density at radius 1 is 0.966 bits per heavy atom. The van der Waals surface area contributed by atoms with Crippen LogP contribution in [0.4, 0.5) is 8.78 Å². The average molecular weight is 418 g/mol. The molecule has 0 bridgehead atoms. The van der Waals surface area contributed by atoms with Crippen LogP contribution in [0.2, 0.25) is 5.02 Å². The van der Waals surface area contributed by atoms with E-state index in [1.807, 2.05) is 6.07 Å². The van der Waals surface area contributed by atoms with Crippen molar-refractivity contribution in [1.29, 1.82) is 0 Å². The van der Waals surface area contributed by atoms with E-state index in [1.165, 1.54) is 25.3 Å². The fourth-order valence-corrected chi connectivity index (χ4v) is 3.19. The van der Waals surface area contributed by atoms with Gasteiger partial charge in [-0.3, -0.25) is 0 Å². The van der Waals surface area contributed by atoms with Gasteiger partial charge in [-0.05, 0) is 54.4 Å². The molecule has 0 unspecified atom stereocenters. The molecule has 6 heteroatoms. The molecule has 0 saturated heterocycles. The predicted molar refractivity (Wildman–Crippen MR) is 111 cm³/mol. The highest BCUT2D eigenvalue weighted by atomic mass is 35.5. The molecule has 3 aromatic rings. The lowest BCUT2D eigenvalue weighted by Gasteiger charge is -2.15. The molecule has 3 rings (SSSR count). The van der Waals surface area contributed by atoms with Gasteiger partial charge in [0.1, 0.15) is 18.2 Å². The number of hydrogen-bond donors (Lipinski definition) is 1. The van der Waals surface area contributed by atoms with Crippen LogP contribution < -0.4 is 14.8 Å². The summed E-state index contributed by atoms with van der Waals surface area (Å²) in [5, 5.41) is 3.73. The number of benzene rings is 3. The van der Waals surface area contributed by atoms with Gasteiger partial charge in [0.15, 0.2) is 11.5 Å². The van der Waals surface area contributed by atoms with Gasteiger partial charge in [-0.2, -0.15) is 0 Å². The maximum Gasteiger partial charge on any atom is 0.180 e. The maximum absolute atomic E-state index is 13.8. The minimum absolute atomic E-state index is 0.0536. The van der Waals surface area contributed by atoms with Crippen LogP contribution in [0.3, 0.4) is 0 Å². The first-order chi connectivity index (χ1) is 14.1. The molecule has 0 aromatic heterocycles. The second-order valence-electron chi connectivity index (χ2n) is 6.54. The van der Waals surface area contributed by atoms with Gasteiger partial charge >= 0.3 is 0 Å². The van der Waals surface area contributed by atoms with Crippen molar-refractivity contribution in [2.45, 2.75) is 19.6 Å². The zero-order valence-corrected chi connectivity index (χ0v) is 16.8. The molecule has 0 atom stereocenters. The van der Waals surface area contributed by atoms with Crippen LogP contribution in [0.1, 0.15) is 16.7 Å². The molecule has 0 aliphatic rings. The Morgan fingerprint density at radius 3 is 2.45 bits per heavy atom. The van der Waals surface area contributed by atoms with Gasteiger partial charge in [0.05, 0.1) is 12.1 Å². The van der Waals surface area contributed by atoms with Crippen LogP contribution in [0.5, 0.6) is 11.5 Å². The maximum atomic E-state index is 13.8. The Kier molecular flexibility index (Phi) is 7.44. The van der Waals surface area contributed by atoms with Crippen LogP contribution in [0.25, 0.3) is 0 Å². The largest absolute Gasteiger partial charge is 0.493 e. The Bertz CT molecular complexity index is 948. The van der Waals surface area contributed by atoms with E-state index in [1.54, 1.807) is 36.4 Å². The summed E-state index contributed by atoms with van der Waals surface area (Å²) in [6, 6.07) is 16.5. The number of ether oxygens (including phenoxy) is 2. The van der Waals surface area contributed by atoms with Crippen molar-refractivity contribution in [2.75, 3.05) is 13.7 Å². The van der Waals surface area contributed by atoms with Gasteiger partial charge in [0, 0.05) is 12.1 Å². The summed E-state index contributed by atoms with van der Waals surface area (Å²) in [7, 11) is 1.54. The monoisotopic (exact) mass is 417 g/mol. The Labute approximate surface area is 174 Å². The molecule has 0 aliphatic heterocycles. The van der Waals surface area contributed by atoms with Crippen LogP contribution in [-0.4, -0.2) is 13.7 Å². The molecule has 0 saturated carbocycles. The summed E-state index contributed by atoms with van der Waals surface area (Å²) in [6.45, 7) is 1.37. The van der Waals surface area contributed by atoms with Gasteiger partial charge in [0.2, 0.25) is 0 Å². The van der Waals surface area contributed by atoms with E-state index < -0.39 is 0 Å². The molecule has 0 amide bonds. The summed E-state index contributed by atoms with van der Waals surface area (Å²) in [5.74, 6) is 0.307. The van der Waals surface area contributed by atoms with Crippen molar-refractivity contribution in [3.63, 3.8) is 0 Å². The second kappa shape index (κ2) is 10.2. The smallest absolute Gasteiger partial charge is 0.180 e. The molecule has 0 heterocycles. The van der Waals surface area contributed by atoms with E-state index in [-0.39, 0.29) is 18.2 Å². The Balaban J connectivity index is 1.58. The topological polar surface area (TPSA) is 30.5 Å². The molecule has 0 aliphatic carbocycles. The van der Waals surface area contributed by atoms with Gasteiger partial charge in [-0.15, -0.1) is 0 Å². The van der Waals surface area contributed by atoms with E-state index in [9.17, 15) is 8.78 Å². The highest BCUT2D eigenvalue weighted by Crippen LogP contribution is 2.37. The summed E-state index contributed by atoms with van der Waals surface area (Å²) >= 11 is 6.38. The molecule has 0 radical (unpaired) electrons. The molecular weight excluding hydrogens is 396 g/mol. The van der Waals surface area contributed by atoms with E-state index in [2.05, 4.69) is 5.32 Å². The summed E-state index contributed by atoms with van der Waals surface area (Å²) in [5.41, 5.74) is 2.44. The van der Waals surface area contributed by atoms with Gasteiger partial charge in [-0.1, -0.05) is 41.9 Å².